The maximum atomic E-state index is 11.7. The first kappa shape index (κ1) is 11.4. The Morgan fingerprint density at radius 3 is 2.41 bits per heavy atom. The van der Waals surface area contributed by atoms with Crippen molar-refractivity contribution >= 4 is 17.7 Å². The van der Waals surface area contributed by atoms with Crippen LogP contribution in [0, 0.1) is 5.92 Å². The third-order valence-electron chi connectivity index (χ3n) is 2.88. The number of nitrogens with one attached hydrogen (secondary N) is 2. The first-order valence-corrected chi connectivity index (χ1v) is 5.50. The molecular formula is C12H14N2O3. The maximum Gasteiger partial charge on any atom is 0.404 e. The second-order valence-corrected chi connectivity index (χ2v) is 4.17. The number of rotatable bonds is 3. The molecule has 3 N–H and O–H groups in total. The molecule has 0 aromatic heterocycles. The van der Waals surface area contributed by atoms with Gasteiger partial charge in [-0.15, -0.1) is 0 Å². The normalized spacial score (nSPS) is 22.4. The molecule has 2 rings (SSSR count). The number of hydrogen-bond acceptors (Lipinski definition) is 2. The highest BCUT2D eigenvalue weighted by atomic mass is 16.4. The predicted molar refractivity (Wildman–Crippen MR) is 62.7 cm³/mol. The first-order chi connectivity index (χ1) is 8.15. The molecule has 0 heterocycles. The minimum absolute atomic E-state index is 0.0420. The zero-order valence-electron chi connectivity index (χ0n) is 9.22. The van der Waals surface area contributed by atoms with Crippen molar-refractivity contribution in [1.29, 1.82) is 0 Å². The van der Waals surface area contributed by atoms with E-state index in [4.69, 9.17) is 5.11 Å². The molecule has 0 radical (unpaired) electrons. The lowest BCUT2D eigenvalue weighted by molar-refractivity contribution is -0.122. The molecule has 1 aromatic carbocycles. The summed E-state index contributed by atoms with van der Waals surface area (Å²) in [6.45, 7) is 0. The van der Waals surface area contributed by atoms with Gasteiger partial charge in [0.15, 0.2) is 0 Å². The van der Waals surface area contributed by atoms with Crippen LogP contribution in [0.4, 0.5) is 10.5 Å². The Hall–Kier alpha value is -2.04. The summed E-state index contributed by atoms with van der Waals surface area (Å²) in [6.07, 6.45) is 0.118. The number of carbonyl (C=O) groups is 2. The Morgan fingerprint density at radius 1 is 1.18 bits per heavy atom. The second kappa shape index (κ2) is 4.86. The van der Waals surface area contributed by atoms with Crippen LogP contribution in [0.25, 0.3) is 0 Å². The van der Waals surface area contributed by atoms with E-state index in [0.717, 1.165) is 5.69 Å². The zero-order chi connectivity index (χ0) is 12.3. The summed E-state index contributed by atoms with van der Waals surface area (Å²) in [5.41, 5.74) is 0.771. The van der Waals surface area contributed by atoms with Crippen LogP contribution in [0.5, 0.6) is 0 Å². The predicted octanol–water partition coefficient (Wildman–Crippen LogP) is 1.67. The molecule has 90 valence electrons. The molecule has 0 spiro atoms. The van der Waals surface area contributed by atoms with Gasteiger partial charge in [-0.05, 0) is 25.0 Å². The molecule has 0 saturated heterocycles. The first-order valence-electron chi connectivity index (χ1n) is 5.50. The fourth-order valence-corrected chi connectivity index (χ4v) is 1.89. The van der Waals surface area contributed by atoms with E-state index in [-0.39, 0.29) is 17.9 Å². The Kier molecular flexibility index (Phi) is 3.27. The molecule has 17 heavy (non-hydrogen) atoms. The number of para-hydroxylation sites is 1. The van der Waals surface area contributed by atoms with Crippen LogP contribution < -0.4 is 10.6 Å². The highest BCUT2D eigenvalue weighted by Gasteiger charge is 2.35. The monoisotopic (exact) mass is 234 g/mol. The summed E-state index contributed by atoms with van der Waals surface area (Å²) in [7, 11) is 0. The smallest absolute Gasteiger partial charge is 0.404 e. The van der Waals surface area contributed by atoms with Gasteiger partial charge in [-0.25, -0.2) is 4.79 Å². The van der Waals surface area contributed by atoms with Crippen LogP contribution >= 0.6 is 0 Å². The van der Waals surface area contributed by atoms with Crippen molar-refractivity contribution in [2.75, 3.05) is 5.32 Å². The fraction of sp³-hybridized carbons (Fsp3) is 0.333. The summed E-state index contributed by atoms with van der Waals surface area (Å²) in [5, 5.41) is 13.7. The quantitative estimate of drug-likeness (QED) is 0.744. The Morgan fingerprint density at radius 2 is 1.82 bits per heavy atom. The van der Waals surface area contributed by atoms with E-state index in [9.17, 15) is 9.59 Å². The van der Waals surface area contributed by atoms with Gasteiger partial charge in [-0.3, -0.25) is 4.79 Å². The van der Waals surface area contributed by atoms with Crippen LogP contribution in [-0.2, 0) is 4.79 Å². The van der Waals surface area contributed by atoms with Gasteiger partial charge in [0.05, 0.1) is 0 Å². The van der Waals surface area contributed by atoms with Crippen LogP contribution in [0.2, 0.25) is 0 Å². The lowest BCUT2D eigenvalue weighted by atomic mass is 9.79. The van der Waals surface area contributed by atoms with Gasteiger partial charge in [0, 0.05) is 17.6 Å². The van der Waals surface area contributed by atoms with E-state index < -0.39 is 6.09 Å². The molecular weight excluding hydrogens is 220 g/mol. The van der Waals surface area contributed by atoms with E-state index in [1.165, 1.54) is 0 Å². The molecule has 0 aliphatic heterocycles. The number of hydrogen-bond donors (Lipinski definition) is 3. The van der Waals surface area contributed by atoms with Crippen molar-refractivity contribution in [3.8, 4) is 0 Å². The van der Waals surface area contributed by atoms with Crippen molar-refractivity contribution in [3.05, 3.63) is 30.3 Å². The largest absolute Gasteiger partial charge is 0.465 e. The molecule has 1 aliphatic rings. The molecule has 0 atom stereocenters. The van der Waals surface area contributed by atoms with Gasteiger partial charge < -0.3 is 15.7 Å². The minimum atomic E-state index is -1.03. The van der Waals surface area contributed by atoms with Crippen LogP contribution in [0.1, 0.15) is 12.8 Å². The highest BCUT2D eigenvalue weighted by molar-refractivity contribution is 5.93. The van der Waals surface area contributed by atoms with E-state index in [0.29, 0.717) is 12.8 Å². The van der Waals surface area contributed by atoms with Crippen molar-refractivity contribution in [2.24, 2.45) is 5.92 Å². The lowest BCUT2D eigenvalue weighted by Gasteiger charge is -2.33. The summed E-state index contributed by atoms with van der Waals surface area (Å²) in [5.74, 6) is -0.133. The van der Waals surface area contributed by atoms with Crippen LogP contribution in [0.3, 0.4) is 0 Å². The molecule has 0 bridgehead atoms. The van der Waals surface area contributed by atoms with Crippen molar-refractivity contribution < 1.29 is 14.7 Å². The molecule has 1 saturated carbocycles. The minimum Gasteiger partial charge on any atom is -0.465 e. The van der Waals surface area contributed by atoms with Gasteiger partial charge in [0.25, 0.3) is 0 Å². The lowest BCUT2D eigenvalue weighted by Crippen LogP contribution is -2.47. The van der Waals surface area contributed by atoms with E-state index in [1.807, 2.05) is 30.3 Å². The summed E-state index contributed by atoms with van der Waals surface area (Å²) in [4.78, 5) is 22.1. The molecule has 5 heteroatoms. The van der Waals surface area contributed by atoms with Crippen molar-refractivity contribution in [2.45, 2.75) is 18.9 Å². The summed E-state index contributed by atoms with van der Waals surface area (Å²) in [6, 6.07) is 9.15. The van der Waals surface area contributed by atoms with Crippen molar-refractivity contribution in [3.63, 3.8) is 0 Å². The Labute approximate surface area is 98.8 Å². The molecule has 1 aromatic rings. The third kappa shape index (κ3) is 2.96. The molecule has 0 unspecified atom stereocenters. The van der Waals surface area contributed by atoms with Gasteiger partial charge in [-0.2, -0.15) is 0 Å². The van der Waals surface area contributed by atoms with E-state index in [2.05, 4.69) is 10.6 Å². The highest BCUT2D eigenvalue weighted by Crippen LogP contribution is 2.28. The summed E-state index contributed by atoms with van der Waals surface area (Å²) >= 11 is 0. The topological polar surface area (TPSA) is 78.4 Å². The molecule has 2 amide bonds. The number of carbonyl (C=O) groups excluding carboxylic acids is 1. The number of amides is 2. The van der Waals surface area contributed by atoms with Crippen molar-refractivity contribution in [1.82, 2.24) is 5.32 Å². The van der Waals surface area contributed by atoms with Gasteiger partial charge in [0.2, 0.25) is 5.91 Å². The van der Waals surface area contributed by atoms with Gasteiger partial charge >= 0.3 is 6.09 Å². The number of carboxylic acid groups (broad SMARTS) is 1. The Balaban J connectivity index is 1.78. The second-order valence-electron chi connectivity index (χ2n) is 4.17. The average Bonchev–Trinajstić information content (AvgIpc) is 2.23. The van der Waals surface area contributed by atoms with Gasteiger partial charge in [0.1, 0.15) is 0 Å². The van der Waals surface area contributed by atoms with Crippen LogP contribution in [-0.4, -0.2) is 23.1 Å². The average molecular weight is 234 g/mol. The van der Waals surface area contributed by atoms with Gasteiger partial charge in [-0.1, -0.05) is 18.2 Å². The zero-order valence-corrected chi connectivity index (χ0v) is 9.22. The fourth-order valence-electron chi connectivity index (χ4n) is 1.89. The summed E-state index contributed by atoms with van der Waals surface area (Å²) < 4.78 is 0. The third-order valence-corrected chi connectivity index (χ3v) is 2.88. The number of anilines is 1. The number of benzene rings is 1. The van der Waals surface area contributed by atoms with E-state index >= 15 is 0 Å². The van der Waals surface area contributed by atoms with E-state index in [1.54, 1.807) is 0 Å². The van der Waals surface area contributed by atoms with Crippen LogP contribution in [0.15, 0.2) is 30.3 Å². The molecule has 1 aliphatic carbocycles. The molecule has 1 fully saturated rings. The molecule has 5 nitrogen and oxygen atoms in total. The maximum absolute atomic E-state index is 11.7. The SMILES string of the molecule is O=C(O)N[C@H]1C[C@H](C(=O)Nc2ccccc2)C1. The Bertz CT molecular complexity index is 413. The standard InChI is InChI=1S/C12H14N2O3/c15-11(13-9-4-2-1-3-5-9)8-6-10(7-8)14-12(16)17/h1-5,8,10,14H,6-7H2,(H,13,15)(H,16,17)/t8-,10-.